The van der Waals surface area contributed by atoms with Crippen molar-refractivity contribution in [3.05, 3.63) is 11.6 Å². The Hall–Kier alpha value is -1.16. The maximum absolute atomic E-state index is 13.5. The van der Waals surface area contributed by atoms with Crippen LogP contribution in [0.25, 0.3) is 0 Å². The second kappa shape index (κ2) is 8.67. The van der Waals surface area contributed by atoms with E-state index in [1.807, 2.05) is 13.8 Å². The Kier molecular flexibility index (Phi) is 6.76. The van der Waals surface area contributed by atoms with Crippen molar-refractivity contribution in [2.24, 2.45) is 28.6 Å². The van der Waals surface area contributed by atoms with Gasteiger partial charge < -0.3 is 30.6 Å². The van der Waals surface area contributed by atoms with Gasteiger partial charge in [0.2, 0.25) is 0 Å². The van der Waals surface area contributed by atoms with E-state index in [2.05, 4.69) is 0 Å². The summed E-state index contributed by atoms with van der Waals surface area (Å²) in [6.45, 7) is 10.0. The van der Waals surface area contributed by atoms with Gasteiger partial charge in [0, 0.05) is 11.3 Å². The third-order valence-electron chi connectivity index (χ3n) is 11.3. The van der Waals surface area contributed by atoms with Crippen LogP contribution in [0.2, 0.25) is 0 Å². The van der Waals surface area contributed by atoms with Crippen molar-refractivity contribution in [2.75, 3.05) is 0 Å². The molecule has 0 aliphatic heterocycles. The lowest BCUT2D eigenvalue weighted by atomic mass is 9.44. The fourth-order valence-electron chi connectivity index (χ4n) is 8.70. The highest BCUT2D eigenvalue weighted by molar-refractivity contribution is 5.96. The molecule has 1 unspecified atom stereocenters. The summed E-state index contributed by atoms with van der Waals surface area (Å²) in [7, 11) is 0. The van der Waals surface area contributed by atoms with E-state index in [-0.39, 0.29) is 31.0 Å². The molecule has 0 bridgehead atoms. The van der Waals surface area contributed by atoms with Gasteiger partial charge in [-0.2, -0.15) is 0 Å². The number of carbonyl (C=O) groups excluding carboxylic acids is 2. The van der Waals surface area contributed by atoms with Crippen LogP contribution in [0.5, 0.6) is 0 Å². The summed E-state index contributed by atoms with van der Waals surface area (Å²) in [6.07, 6.45) is 1.53. The van der Waals surface area contributed by atoms with Crippen molar-refractivity contribution in [1.82, 2.24) is 0 Å². The average molecular weight is 523 g/mol. The number of hydrogen-bond acceptors (Lipinski definition) is 8. The lowest BCUT2D eigenvalue weighted by molar-refractivity contribution is -0.191. The maximum atomic E-state index is 13.5. The van der Waals surface area contributed by atoms with Crippen molar-refractivity contribution >= 4 is 11.6 Å². The predicted molar refractivity (Wildman–Crippen MR) is 136 cm³/mol. The first kappa shape index (κ1) is 28.8. The minimum absolute atomic E-state index is 0.0745. The Labute approximate surface area is 219 Å². The van der Waals surface area contributed by atoms with Gasteiger partial charge in [-0.05, 0) is 108 Å². The molecule has 210 valence electrons. The topological polar surface area (TPSA) is 156 Å². The highest BCUT2D eigenvalue weighted by Gasteiger charge is 2.70. The Morgan fingerprint density at radius 1 is 1.08 bits per heavy atom. The van der Waals surface area contributed by atoms with Crippen molar-refractivity contribution in [3.8, 4) is 0 Å². The van der Waals surface area contributed by atoms with Crippen molar-refractivity contribution in [2.45, 2.75) is 128 Å². The summed E-state index contributed by atoms with van der Waals surface area (Å²) < 4.78 is 0. The largest absolute Gasteiger partial charge is 0.390 e. The van der Waals surface area contributed by atoms with Gasteiger partial charge in [0.25, 0.3) is 0 Å². The quantitative estimate of drug-likeness (QED) is 0.309. The van der Waals surface area contributed by atoms with Gasteiger partial charge in [-0.3, -0.25) is 9.59 Å². The second-order valence-electron chi connectivity index (χ2n) is 14.0. The lowest BCUT2D eigenvalue weighted by Gasteiger charge is -2.61. The zero-order valence-electron chi connectivity index (χ0n) is 23.1. The molecule has 37 heavy (non-hydrogen) atoms. The van der Waals surface area contributed by atoms with E-state index < -0.39 is 63.1 Å². The first-order valence-electron chi connectivity index (χ1n) is 13.8. The summed E-state index contributed by atoms with van der Waals surface area (Å²) in [5, 5.41) is 66.8. The van der Waals surface area contributed by atoms with E-state index in [1.54, 1.807) is 20.8 Å². The molecule has 10 atom stereocenters. The van der Waals surface area contributed by atoms with E-state index in [4.69, 9.17) is 0 Å². The van der Waals surface area contributed by atoms with Gasteiger partial charge in [0.15, 0.2) is 11.6 Å². The van der Waals surface area contributed by atoms with Crippen LogP contribution in [0.1, 0.15) is 92.9 Å². The third kappa shape index (κ3) is 4.09. The summed E-state index contributed by atoms with van der Waals surface area (Å²) in [4.78, 5) is 25.7. The molecule has 0 aromatic carbocycles. The number of aliphatic hydroxyl groups is 6. The molecule has 0 saturated heterocycles. The highest BCUT2D eigenvalue weighted by Crippen LogP contribution is 2.69. The number of allylic oxidation sites excluding steroid dienone is 1. The van der Waals surface area contributed by atoms with Crippen LogP contribution in [0, 0.1) is 28.6 Å². The van der Waals surface area contributed by atoms with Crippen molar-refractivity contribution in [1.29, 1.82) is 0 Å². The molecule has 0 aromatic heterocycles. The van der Waals surface area contributed by atoms with Gasteiger partial charge in [0.05, 0.1) is 29.0 Å². The molecule has 0 heterocycles. The molecule has 3 saturated carbocycles. The highest BCUT2D eigenvalue weighted by atomic mass is 16.4. The van der Waals surface area contributed by atoms with E-state index in [0.717, 1.165) is 0 Å². The van der Waals surface area contributed by atoms with Crippen LogP contribution in [-0.4, -0.2) is 76.8 Å². The van der Waals surface area contributed by atoms with Gasteiger partial charge in [-0.25, -0.2) is 0 Å². The van der Waals surface area contributed by atoms with E-state index >= 15 is 0 Å². The Morgan fingerprint density at radius 2 is 1.70 bits per heavy atom. The summed E-state index contributed by atoms with van der Waals surface area (Å²) in [5.74, 6) is -2.11. The van der Waals surface area contributed by atoms with Crippen molar-refractivity contribution < 1.29 is 40.2 Å². The summed E-state index contributed by atoms with van der Waals surface area (Å²) in [6, 6.07) is 0. The zero-order valence-corrected chi connectivity index (χ0v) is 23.1. The number of rotatable bonds is 6. The molecule has 4 aliphatic rings. The fraction of sp³-hybridized carbons (Fsp3) is 0.862. The molecular weight excluding hydrogens is 476 g/mol. The monoisotopic (exact) mass is 522 g/mol. The molecule has 8 heteroatoms. The second-order valence-corrected chi connectivity index (χ2v) is 14.0. The van der Waals surface area contributed by atoms with Crippen LogP contribution in [-0.2, 0) is 9.59 Å². The van der Waals surface area contributed by atoms with Crippen molar-refractivity contribution in [3.63, 3.8) is 0 Å². The Morgan fingerprint density at radius 3 is 2.27 bits per heavy atom. The van der Waals surface area contributed by atoms with Crippen LogP contribution in [0.15, 0.2) is 11.6 Å². The summed E-state index contributed by atoms with van der Waals surface area (Å²) in [5.41, 5.74) is -6.73. The number of aliphatic hydroxyl groups excluding tert-OH is 2. The van der Waals surface area contributed by atoms with E-state index in [1.165, 1.54) is 13.0 Å². The maximum Gasteiger partial charge on any atom is 0.163 e. The molecule has 6 N–H and O–H groups in total. The first-order chi connectivity index (χ1) is 16.7. The minimum Gasteiger partial charge on any atom is -0.390 e. The molecule has 0 amide bonds. The van der Waals surface area contributed by atoms with Crippen LogP contribution in [0.3, 0.4) is 0 Å². The van der Waals surface area contributed by atoms with Crippen LogP contribution < -0.4 is 0 Å². The van der Waals surface area contributed by atoms with E-state index in [9.17, 15) is 40.2 Å². The van der Waals surface area contributed by atoms with Gasteiger partial charge in [0.1, 0.15) is 5.60 Å². The van der Waals surface area contributed by atoms with Gasteiger partial charge in [-0.15, -0.1) is 0 Å². The molecular formula is C29H46O8. The number of Topliss-reactive ketones (excluding diaryl/α,β-unsaturated/α-hetero) is 1. The number of hydrogen-bond donors (Lipinski definition) is 6. The summed E-state index contributed by atoms with van der Waals surface area (Å²) >= 11 is 0. The molecule has 8 nitrogen and oxygen atoms in total. The third-order valence-corrected chi connectivity index (χ3v) is 11.3. The Bertz CT molecular complexity index is 996. The predicted octanol–water partition coefficient (Wildman–Crippen LogP) is 1.81. The molecule has 3 fully saturated rings. The number of carbonyl (C=O) groups is 2. The Balaban J connectivity index is 1.68. The normalized spacial score (nSPS) is 46.3. The fourth-order valence-corrected chi connectivity index (χ4v) is 8.70. The molecule has 0 aromatic rings. The average Bonchev–Trinajstić information content (AvgIpc) is 3.05. The number of ketones is 2. The first-order valence-corrected chi connectivity index (χ1v) is 13.8. The smallest absolute Gasteiger partial charge is 0.163 e. The lowest BCUT2D eigenvalue weighted by Crippen LogP contribution is -2.65. The zero-order chi connectivity index (χ0) is 28.0. The van der Waals surface area contributed by atoms with Gasteiger partial charge in [-0.1, -0.05) is 13.8 Å². The molecule has 4 aliphatic carbocycles. The standard InChI is InChI=1S/C29H46O8/c1-16(30)28(36)14-19-20(31)13-18-17(25(19,4)15-23(28)33)7-11-26(5)21(8-12-29(18,26)37)27(6,35)22(32)9-10-24(2,3)34/h13,17,19,21-23,32-37H,7-12,14-15H2,1-6H3/t17-,19-,21-,22?,23-,25+,26+,27+,28-,29+/m0/s1. The van der Waals surface area contributed by atoms with Crippen LogP contribution >= 0.6 is 0 Å². The minimum atomic E-state index is -1.96. The molecule has 0 spiro atoms. The van der Waals surface area contributed by atoms with E-state index in [0.29, 0.717) is 37.7 Å². The SMILES string of the molecule is CC(=O)[C@@]1(O)C[C@H]2C(=O)C=C3[C@H](CC[C@]4(C)[C@@H]([C@@](C)(O)C(O)CCC(C)(C)O)CC[C@@]34O)[C@@]2(C)C[C@@H]1O. The molecule has 4 rings (SSSR count). The number of fused-ring (bicyclic) bond motifs is 5. The van der Waals surface area contributed by atoms with Gasteiger partial charge >= 0.3 is 0 Å². The molecule has 0 radical (unpaired) electrons. The van der Waals surface area contributed by atoms with Crippen LogP contribution in [0.4, 0.5) is 0 Å².